The largest absolute Gasteiger partial charge is 0.392 e. The van der Waals surface area contributed by atoms with E-state index in [9.17, 15) is 8.42 Å². The molecule has 20 heavy (non-hydrogen) atoms. The highest BCUT2D eigenvalue weighted by Crippen LogP contribution is 2.20. The minimum absolute atomic E-state index is 0.108. The van der Waals surface area contributed by atoms with Crippen molar-refractivity contribution in [3.05, 3.63) is 51.2 Å². The topological polar surface area (TPSA) is 66.4 Å². The van der Waals surface area contributed by atoms with Gasteiger partial charge in [0.1, 0.15) is 0 Å². The zero-order valence-corrected chi connectivity index (χ0v) is 12.9. The molecule has 0 fully saturated rings. The van der Waals surface area contributed by atoms with Gasteiger partial charge < -0.3 is 5.11 Å². The van der Waals surface area contributed by atoms with E-state index >= 15 is 0 Å². The molecule has 0 spiro atoms. The van der Waals surface area contributed by atoms with E-state index in [0.29, 0.717) is 23.6 Å². The fourth-order valence-corrected chi connectivity index (χ4v) is 3.65. The van der Waals surface area contributed by atoms with Gasteiger partial charge in [0, 0.05) is 11.6 Å². The lowest BCUT2D eigenvalue weighted by Crippen LogP contribution is -2.26. The maximum Gasteiger partial charge on any atom is 0.240 e. The molecular formula is C13H14ClNO3S2. The zero-order chi connectivity index (χ0) is 14.6. The normalized spacial score (nSPS) is 11.7. The molecule has 0 atom stereocenters. The quantitative estimate of drug-likeness (QED) is 0.854. The summed E-state index contributed by atoms with van der Waals surface area (Å²) in [4.78, 5) is 0.108. The van der Waals surface area contributed by atoms with Crippen LogP contribution in [0.1, 0.15) is 11.1 Å². The van der Waals surface area contributed by atoms with Crippen molar-refractivity contribution in [1.29, 1.82) is 0 Å². The lowest BCUT2D eigenvalue weighted by atomic mass is 10.2. The second-order valence-corrected chi connectivity index (χ2v) is 7.14. The third-order valence-electron chi connectivity index (χ3n) is 2.78. The van der Waals surface area contributed by atoms with Crippen LogP contribution in [0.25, 0.3) is 0 Å². The Morgan fingerprint density at radius 3 is 2.75 bits per heavy atom. The maximum atomic E-state index is 12.1. The van der Waals surface area contributed by atoms with Gasteiger partial charge in [-0.05, 0) is 52.6 Å². The minimum atomic E-state index is -3.58. The summed E-state index contributed by atoms with van der Waals surface area (Å²) in [6.45, 7) is 0.0350. The van der Waals surface area contributed by atoms with Crippen LogP contribution in [-0.2, 0) is 23.1 Å². The molecule has 4 nitrogen and oxygen atoms in total. The number of aliphatic hydroxyl groups is 1. The molecule has 7 heteroatoms. The van der Waals surface area contributed by atoms with Gasteiger partial charge in [0.2, 0.25) is 10.0 Å². The molecule has 1 aromatic heterocycles. The van der Waals surface area contributed by atoms with Gasteiger partial charge in [-0.25, -0.2) is 13.1 Å². The number of hydrogen-bond donors (Lipinski definition) is 2. The second-order valence-electron chi connectivity index (χ2n) is 4.19. The number of halogens is 1. The molecule has 2 rings (SSSR count). The van der Waals surface area contributed by atoms with E-state index in [4.69, 9.17) is 16.7 Å². The monoisotopic (exact) mass is 331 g/mol. The van der Waals surface area contributed by atoms with Crippen LogP contribution in [0.15, 0.2) is 39.9 Å². The van der Waals surface area contributed by atoms with Crippen molar-refractivity contribution in [2.75, 3.05) is 6.54 Å². The minimum Gasteiger partial charge on any atom is -0.392 e. The Labute approximate surface area is 127 Å². The van der Waals surface area contributed by atoms with Crippen LogP contribution >= 0.6 is 22.9 Å². The van der Waals surface area contributed by atoms with Gasteiger partial charge in [-0.15, -0.1) is 0 Å². The van der Waals surface area contributed by atoms with Crippen LogP contribution < -0.4 is 4.72 Å². The zero-order valence-electron chi connectivity index (χ0n) is 10.5. The molecule has 2 aromatic rings. The van der Waals surface area contributed by atoms with Gasteiger partial charge in [0.05, 0.1) is 11.5 Å². The lowest BCUT2D eigenvalue weighted by molar-refractivity contribution is 0.281. The number of nitrogens with one attached hydrogen (secondary N) is 1. The average Bonchev–Trinajstić information content (AvgIpc) is 2.92. The van der Waals surface area contributed by atoms with E-state index < -0.39 is 10.0 Å². The van der Waals surface area contributed by atoms with Crippen LogP contribution in [-0.4, -0.2) is 20.1 Å². The molecule has 1 heterocycles. The summed E-state index contributed by atoms with van der Waals surface area (Å²) in [5.74, 6) is 0. The average molecular weight is 332 g/mol. The molecule has 2 N–H and O–H groups in total. The Hall–Kier alpha value is -0.920. The predicted octanol–water partition coefficient (Wildman–Crippen LogP) is 2.41. The van der Waals surface area contributed by atoms with Gasteiger partial charge in [-0.1, -0.05) is 11.6 Å². The Kier molecular flexibility index (Phi) is 5.17. The van der Waals surface area contributed by atoms with E-state index in [1.54, 1.807) is 11.3 Å². The molecule has 0 amide bonds. The van der Waals surface area contributed by atoms with E-state index in [1.165, 1.54) is 18.2 Å². The lowest BCUT2D eigenvalue weighted by Gasteiger charge is -2.08. The third kappa shape index (κ3) is 3.80. The van der Waals surface area contributed by atoms with Crippen LogP contribution in [0.3, 0.4) is 0 Å². The number of thiophene rings is 1. The highest BCUT2D eigenvalue weighted by Gasteiger charge is 2.15. The Morgan fingerprint density at radius 1 is 1.30 bits per heavy atom. The SMILES string of the molecule is O=S(=O)(NCCc1ccsc1)c1ccc(Cl)c(CO)c1. The van der Waals surface area contributed by atoms with E-state index in [-0.39, 0.29) is 11.5 Å². The number of sulfonamides is 1. The molecule has 108 valence electrons. The van der Waals surface area contributed by atoms with Crippen molar-refractivity contribution >= 4 is 33.0 Å². The summed E-state index contributed by atoms with van der Waals surface area (Å²) < 4.78 is 26.8. The first-order valence-corrected chi connectivity index (χ1v) is 8.73. The number of benzene rings is 1. The first-order valence-electron chi connectivity index (χ1n) is 5.93. The summed E-state index contributed by atoms with van der Waals surface area (Å²) in [5, 5.41) is 13.4. The van der Waals surface area contributed by atoms with Crippen LogP contribution in [0.5, 0.6) is 0 Å². The molecule has 1 aromatic carbocycles. The van der Waals surface area contributed by atoms with Crippen molar-refractivity contribution in [3.8, 4) is 0 Å². The van der Waals surface area contributed by atoms with Crippen LogP contribution in [0, 0.1) is 0 Å². The predicted molar refractivity (Wildman–Crippen MR) is 80.6 cm³/mol. The molecule has 0 aliphatic heterocycles. The van der Waals surface area contributed by atoms with Crippen molar-refractivity contribution in [2.45, 2.75) is 17.9 Å². The molecule has 0 radical (unpaired) electrons. The molecule has 0 aliphatic rings. The number of aliphatic hydroxyl groups excluding tert-OH is 1. The van der Waals surface area contributed by atoms with Crippen molar-refractivity contribution in [1.82, 2.24) is 4.72 Å². The van der Waals surface area contributed by atoms with Gasteiger partial charge in [-0.3, -0.25) is 0 Å². The van der Waals surface area contributed by atoms with Crippen molar-refractivity contribution in [3.63, 3.8) is 0 Å². The van der Waals surface area contributed by atoms with E-state index in [2.05, 4.69) is 4.72 Å². The Bertz CT molecular complexity index is 669. The Balaban J connectivity index is 2.06. The van der Waals surface area contributed by atoms with Crippen LogP contribution in [0.4, 0.5) is 0 Å². The highest BCUT2D eigenvalue weighted by molar-refractivity contribution is 7.89. The van der Waals surface area contributed by atoms with Crippen LogP contribution in [0.2, 0.25) is 5.02 Å². The van der Waals surface area contributed by atoms with Gasteiger partial charge >= 0.3 is 0 Å². The first-order chi connectivity index (χ1) is 9.53. The van der Waals surface area contributed by atoms with Crippen molar-refractivity contribution < 1.29 is 13.5 Å². The third-order valence-corrected chi connectivity index (χ3v) is 5.34. The number of hydrogen-bond acceptors (Lipinski definition) is 4. The van der Waals surface area contributed by atoms with Gasteiger partial charge in [0.15, 0.2) is 0 Å². The summed E-state index contributed by atoms with van der Waals surface area (Å²) in [6.07, 6.45) is 0.642. The fraction of sp³-hybridized carbons (Fsp3) is 0.231. The van der Waals surface area contributed by atoms with E-state index in [0.717, 1.165) is 5.56 Å². The Morgan fingerprint density at radius 2 is 2.10 bits per heavy atom. The molecule has 0 bridgehead atoms. The van der Waals surface area contributed by atoms with Crippen molar-refractivity contribution in [2.24, 2.45) is 0 Å². The summed E-state index contributed by atoms with van der Waals surface area (Å²) in [5.41, 5.74) is 1.50. The second kappa shape index (κ2) is 6.69. The summed E-state index contributed by atoms with van der Waals surface area (Å²) >= 11 is 7.43. The molecule has 0 saturated carbocycles. The molecular weight excluding hydrogens is 318 g/mol. The molecule has 0 saturated heterocycles. The molecule has 0 aliphatic carbocycles. The summed E-state index contributed by atoms with van der Waals surface area (Å²) in [7, 11) is -3.58. The van der Waals surface area contributed by atoms with Gasteiger partial charge in [-0.2, -0.15) is 11.3 Å². The summed E-state index contributed by atoms with van der Waals surface area (Å²) in [6, 6.07) is 6.25. The van der Waals surface area contributed by atoms with Gasteiger partial charge in [0.25, 0.3) is 0 Å². The first kappa shape index (κ1) is 15.5. The fourth-order valence-electron chi connectivity index (χ4n) is 1.69. The highest BCUT2D eigenvalue weighted by atomic mass is 35.5. The van der Waals surface area contributed by atoms with E-state index in [1.807, 2.05) is 16.8 Å². The number of rotatable bonds is 6. The smallest absolute Gasteiger partial charge is 0.240 e. The standard InChI is InChI=1S/C13H14ClNO3S2/c14-13-2-1-12(7-11(13)8-16)20(17,18)15-5-3-10-4-6-19-9-10/h1-2,4,6-7,9,15-16H,3,5,8H2. The molecule has 0 unspecified atom stereocenters. The maximum absolute atomic E-state index is 12.1.